The topological polar surface area (TPSA) is 44.8 Å². The predicted molar refractivity (Wildman–Crippen MR) is 68.9 cm³/mol. The minimum absolute atomic E-state index is 0.172. The van der Waals surface area contributed by atoms with E-state index < -0.39 is 0 Å². The lowest BCUT2D eigenvalue weighted by atomic mass is 9.98. The highest BCUT2D eigenvalue weighted by Gasteiger charge is 2.20. The summed E-state index contributed by atoms with van der Waals surface area (Å²) in [5.74, 6) is 1.24. The van der Waals surface area contributed by atoms with Gasteiger partial charge in [-0.25, -0.2) is 0 Å². The predicted octanol–water partition coefficient (Wildman–Crippen LogP) is 2.96. The number of ether oxygens (including phenoxy) is 3. The molecule has 0 aliphatic rings. The van der Waals surface area contributed by atoms with Crippen LogP contribution < -0.4 is 9.47 Å². The van der Waals surface area contributed by atoms with Crippen molar-refractivity contribution in [3.63, 3.8) is 0 Å². The van der Waals surface area contributed by atoms with Gasteiger partial charge in [0.05, 0.1) is 14.2 Å². The SMILES string of the molecule is COc1cc(OC)cc(C(OC(C)=O)C(C)C)c1. The van der Waals surface area contributed by atoms with Gasteiger partial charge in [-0.15, -0.1) is 0 Å². The van der Waals surface area contributed by atoms with Gasteiger partial charge in [0.15, 0.2) is 0 Å². The van der Waals surface area contributed by atoms with Crippen LogP contribution in [0.1, 0.15) is 32.4 Å². The van der Waals surface area contributed by atoms with Crippen molar-refractivity contribution in [1.29, 1.82) is 0 Å². The van der Waals surface area contributed by atoms with Gasteiger partial charge in [-0.3, -0.25) is 4.79 Å². The highest BCUT2D eigenvalue weighted by atomic mass is 16.5. The van der Waals surface area contributed by atoms with Crippen LogP contribution in [0.2, 0.25) is 0 Å². The van der Waals surface area contributed by atoms with E-state index in [1.165, 1.54) is 6.92 Å². The van der Waals surface area contributed by atoms with Crippen molar-refractivity contribution in [2.45, 2.75) is 26.9 Å². The molecule has 1 atom stereocenters. The summed E-state index contributed by atoms with van der Waals surface area (Å²) in [6.07, 6.45) is -0.300. The van der Waals surface area contributed by atoms with Crippen molar-refractivity contribution in [3.05, 3.63) is 23.8 Å². The standard InChI is InChI=1S/C14H20O4/c1-9(2)14(18-10(3)15)11-6-12(16-4)8-13(7-11)17-5/h6-9,14H,1-5H3. The third-order valence-electron chi connectivity index (χ3n) is 2.60. The number of hydrogen-bond acceptors (Lipinski definition) is 4. The van der Waals surface area contributed by atoms with E-state index >= 15 is 0 Å². The lowest BCUT2D eigenvalue weighted by molar-refractivity contribution is -0.149. The molecule has 0 spiro atoms. The molecule has 4 nitrogen and oxygen atoms in total. The quantitative estimate of drug-likeness (QED) is 0.756. The average molecular weight is 252 g/mol. The third kappa shape index (κ3) is 3.65. The number of carbonyl (C=O) groups excluding carboxylic acids is 1. The molecular weight excluding hydrogens is 232 g/mol. The number of rotatable bonds is 5. The zero-order valence-electron chi connectivity index (χ0n) is 11.5. The van der Waals surface area contributed by atoms with Crippen LogP contribution in [-0.4, -0.2) is 20.2 Å². The Balaban J connectivity index is 3.13. The maximum absolute atomic E-state index is 11.2. The smallest absolute Gasteiger partial charge is 0.303 e. The average Bonchev–Trinajstić information content (AvgIpc) is 2.34. The lowest BCUT2D eigenvalue weighted by Gasteiger charge is -2.22. The Morgan fingerprint density at radius 3 is 1.89 bits per heavy atom. The summed E-state index contributed by atoms with van der Waals surface area (Å²) >= 11 is 0. The van der Waals surface area contributed by atoms with Crippen molar-refractivity contribution in [3.8, 4) is 11.5 Å². The number of benzene rings is 1. The van der Waals surface area contributed by atoms with Crippen molar-refractivity contribution in [1.82, 2.24) is 0 Å². The van der Waals surface area contributed by atoms with Gasteiger partial charge in [0.2, 0.25) is 0 Å². The summed E-state index contributed by atoms with van der Waals surface area (Å²) in [5, 5.41) is 0. The van der Waals surface area contributed by atoms with E-state index in [4.69, 9.17) is 14.2 Å². The van der Waals surface area contributed by atoms with E-state index in [9.17, 15) is 4.79 Å². The fourth-order valence-corrected chi connectivity index (χ4v) is 1.76. The van der Waals surface area contributed by atoms with Crippen LogP contribution in [0.4, 0.5) is 0 Å². The Morgan fingerprint density at radius 1 is 1.06 bits per heavy atom. The van der Waals surface area contributed by atoms with E-state index in [1.807, 2.05) is 26.0 Å². The zero-order chi connectivity index (χ0) is 13.7. The molecule has 0 N–H and O–H groups in total. The van der Waals surface area contributed by atoms with Gasteiger partial charge in [0.25, 0.3) is 0 Å². The highest BCUT2D eigenvalue weighted by molar-refractivity contribution is 5.66. The molecule has 0 heterocycles. The fraction of sp³-hybridized carbons (Fsp3) is 0.500. The van der Waals surface area contributed by atoms with E-state index in [2.05, 4.69) is 0 Å². The van der Waals surface area contributed by atoms with E-state index in [-0.39, 0.29) is 18.0 Å². The summed E-state index contributed by atoms with van der Waals surface area (Å²) < 4.78 is 15.8. The molecule has 1 rings (SSSR count). The van der Waals surface area contributed by atoms with Crippen molar-refractivity contribution >= 4 is 5.97 Å². The van der Waals surface area contributed by atoms with Gasteiger partial charge in [-0.1, -0.05) is 13.8 Å². The molecule has 0 fully saturated rings. The third-order valence-corrected chi connectivity index (χ3v) is 2.60. The van der Waals surface area contributed by atoms with Crippen LogP contribution in [0.25, 0.3) is 0 Å². The summed E-state index contributed by atoms with van der Waals surface area (Å²) in [4.78, 5) is 11.2. The van der Waals surface area contributed by atoms with Crippen LogP contribution in [0.5, 0.6) is 11.5 Å². The van der Waals surface area contributed by atoms with Gasteiger partial charge in [-0.05, 0) is 18.1 Å². The molecule has 0 bridgehead atoms. The van der Waals surface area contributed by atoms with Gasteiger partial charge < -0.3 is 14.2 Å². The molecule has 1 unspecified atom stereocenters. The molecule has 18 heavy (non-hydrogen) atoms. The first-order chi connectivity index (χ1) is 8.47. The molecule has 0 aliphatic carbocycles. The summed E-state index contributed by atoms with van der Waals surface area (Å²) in [6, 6.07) is 5.50. The molecule has 0 amide bonds. The number of esters is 1. The highest BCUT2D eigenvalue weighted by Crippen LogP contribution is 2.32. The second-order valence-electron chi connectivity index (χ2n) is 4.42. The Bertz CT molecular complexity index is 390. The Labute approximate surface area is 108 Å². The molecular formula is C14H20O4. The van der Waals surface area contributed by atoms with Gasteiger partial charge >= 0.3 is 5.97 Å². The Kier molecular flexibility index (Phi) is 5.01. The molecule has 100 valence electrons. The Morgan fingerprint density at radius 2 is 1.56 bits per heavy atom. The number of carbonyl (C=O) groups is 1. The van der Waals surface area contributed by atoms with Gasteiger partial charge in [0, 0.05) is 18.6 Å². The first-order valence-corrected chi connectivity index (χ1v) is 5.88. The molecule has 0 saturated carbocycles. The largest absolute Gasteiger partial charge is 0.497 e. The van der Waals surface area contributed by atoms with E-state index in [1.54, 1.807) is 20.3 Å². The van der Waals surface area contributed by atoms with E-state index in [0.717, 1.165) is 5.56 Å². The minimum atomic E-state index is -0.300. The van der Waals surface area contributed by atoms with Crippen LogP contribution in [0, 0.1) is 5.92 Å². The lowest BCUT2D eigenvalue weighted by Crippen LogP contribution is -2.14. The van der Waals surface area contributed by atoms with E-state index in [0.29, 0.717) is 11.5 Å². The normalized spacial score (nSPS) is 12.1. The second-order valence-corrected chi connectivity index (χ2v) is 4.42. The molecule has 0 saturated heterocycles. The number of methoxy groups -OCH3 is 2. The summed E-state index contributed by atoms with van der Waals surface area (Å²) in [7, 11) is 3.18. The van der Waals surface area contributed by atoms with Gasteiger partial charge in [0.1, 0.15) is 17.6 Å². The second kappa shape index (κ2) is 6.28. The maximum Gasteiger partial charge on any atom is 0.303 e. The zero-order valence-corrected chi connectivity index (χ0v) is 11.5. The fourth-order valence-electron chi connectivity index (χ4n) is 1.76. The molecule has 0 aliphatic heterocycles. The van der Waals surface area contributed by atoms with Crippen molar-refractivity contribution in [2.24, 2.45) is 5.92 Å². The first kappa shape index (κ1) is 14.4. The van der Waals surface area contributed by atoms with Crippen molar-refractivity contribution < 1.29 is 19.0 Å². The van der Waals surface area contributed by atoms with Crippen LogP contribution in [-0.2, 0) is 9.53 Å². The first-order valence-electron chi connectivity index (χ1n) is 5.88. The van der Waals surface area contributed by atoms with Crippen LogP contribution in [0.15, 0.2) is 18.2 Å². The monoisotopic (exact) mass is 252 g/mol. The Hall–Kier alpha value is -1.71. The number of hydrogen-bond donors (Lipinski definition) is 0. The molecule has 4 heteroatoms. The van der Waals surface area contributed by atoms with Gasteiger partial charge in [-0.2, -0.15) is 0 Å². The minimum Gasteiger partial charge on any atom is -0.497 e. The summed E-state index contributed by atoms with van der Waals surface area (Å²) in [5.41, 5.74) is 0.872. The van der Waals surface area contributed by atoms with Crippen LogP contribution in [0.3, 0.4) is 0 Å². The molecule has 0 aromatic heterocycles. The van der Waals surface area contributed by atoms with Crippen LogP contribution >= 0.6 is 0 Å². The molecule has 1 aromatic carbocycles. The molecule has 1 aromatic rings. The molecule has 0 radical (unpaired) electrons. The summed E-state index contributed by atoms with van der Waals surface area (Å²) in [6.45, 7) is 5.41. The van der Waals surface area contributed by atoms with Crippen molar-refractivity contribution in [2.75, 3.05) is 14.2 Å². The maximum atomic E-state index is 11.2.